The van der Waals surface area contributed by atoms with Gasteiger partial charge in [-0.05, 0) is 41.8 Å². The Kier molecular flexibility index (Phi) is 5.58. The zero-order valence-electron chi connectivity index (χ0n) is 12.8. The molecule has 0 aliphatic heterocycles. The van der Waals surface area contributed by atoms with Crippen LogP contribution >= 0.6 is 34.5 Å². The summed E-state index contributed by atoms with van der Waals surface area (Å²) < 4.78 is 18.6. The first-order valence-corrected chi connectivity index (χ1v) is 8.87. The summed E-state index contributed by atoms with van der Waals surface area (Å²) in [7, 11) is 0. The fraction of sp³-hybridized carbons (Fsp3) is 0.0556. The van der Waals surface area contributed by atoms with Gasteiger partial charge in [-0.1, -0.05) is 29.3 Å². The molecule has 0 fully saturated rings. The van der Waals surface area contributed by atoms with Gasteiger partial charge >= 0.3 is 0 Å². The third-order valence-corrected chi connectivity index (χ3v) is 4.97. The molecule has 1 N–H and O–H groups in total. The van der Waals surface area contributed by atoms with E-state index in [1.54, 1.807) is 36.4 Å². The minimum Gasteiger partial charge on any atom is -0.489 e. The Bertz CT molecular complexity index is 914. The maximum absolute atomic E-state index is 13.1. The van der Waals surface area contributed by atoms with Crippen LogP contribution in [-0.2, 0) is 6.61 Å². The lowest BCUT2D eigenvalue weighted by atomic mass is 10.3. The first-order valence-electron chi connectivity index (χ1n) is 7.23. The number of anilines is 1. The Morgan fingerprint density at radius 1 is 1.12 bits per heavy atom. The van der Waals surface area contributed by atoms with Gasteiger partial charge in [-0.2, -0.15) is 0 Å². The van der Waals surface area contributed by atoms with Crippen LogP contribution in [0.4, 0.5) is 10.1 Å². The molecule has 1 heterocycles. The summed E-state index contributed by atoms with van der Waals surface area (Å²) in [6, 6.07) is 12.5. The number of nitrogens with one attached hydrogen (secondary N) is 1. The predicted molar refractivity (Wildman–Crippen MR) is 99.5 cm³/mol. The van der Waals surface area contributed by atoms with Crippen LogP contribution < -0.4 is 10.1 Å². The second-order valence-electron chi connectivity index (χ2n) is 5.15. The number of amides is 1. The van der Waals surface area contributed by atoms with Gasteiger partial charge in [0.05, 0.1) is 14.9 Å². The first kappa shape index (κ1) is 17.7. The van der Waals surface area contributed by atoms with Crippen molar-refractivity contribution in [2.75, 3.05) is 5.32 Å². The number of carbonyl (C=O) groups excluding carboxylic acids is 1. The summed E-state index contributed by atoms with van der Waals surface area (Å²) in [5.41, 5.74) is 1.39. The van der Waals surface area contributed by atoms with Crippen LogP contribution in [-0.4, -0.2) is 5.91 Å². The molecule has 0 atom stereocenters. The summed E-state index contributed by atoms with van der Waals surface area (Å²) >= 11 is 13.1. The molecule has 2 aromatic carbocycles. The van der Waals surface area contributed by atoms with Crippen molar-refractivity contribution in [1.82, 2.24) is 0 Å². The zero-order valence-corrected chi connectivity index (χ0v) is 15.1. The molecule has 0 bridgehead atoms. The van der Waals surface area contributed by atoms with E-state index in [0.717, 1.165) is 5.56 Å². The summed E-state index contributed by atoms with van der Waals surface area (Å²) in [5.74, 6) is -0.169. The van der Waals surface area contributed by atoms with Crippen LogP contribution in [0, 0.1) is 5.82 Å². The minimum absolute atomic E-state index is 0.250. The molecule has 7 heteroatoms. The molecular formula is C18H12Cl2FNO2S. The maximum atomic E-state index is 13.1. The molecule has 3 aromatic rings. The van der Waals surface area contributed by atoms with Crippen LogP contribution in [0.1, 0.15) is 15.2 Å². The van der Waals surface area contributed by atoms with Gasteiger partial charge < -0.3 is 10.1 Å². The number of ether oxygens (including phenoxy) is 1. The van der Waals surface area contributed by atoms with Gasteiger partial charge in [0.1, 0.15) is 18.2 Å². The molecule has 0 unspecified atom stereocenters. The average Bonchev–Trinajstić information content (AvgIpc) is 3.06. The summed E-state index contributed by atoms with van der Waals surface area (Å²) in [6.45, 7) is 0.250. The minimum atomic E-state index is -0.357. The normalized spacial score (nSPS) is 10.5. The Labute approximate surface area is 158 Å². The zero-order chi connectivity index (χ0) is 17.8. The second-order valence-corrected chi connectivity index (χ2v) is 6.87. The van der Waals surface area contributed by atoms with Crippen LogP contribution in [0.25, 0.3) is 0 Å². The fourth-order valence-corrected chi connectivity index (χ4v) is 3.15. The number of halogens is 3. The largest absolute Gasteiger partial charge is 0.489 e. The predicted octanol–water partition coefficient (Wildman–Crippen LogP) is 6.03. The first-order chi connectivity index (χ1) is 12.0. The molecule has 25 heavy (non-hydrogen) atoms. The Morgan fingerprint density at radius 2 is 1.96 bits per heavy atom. The third-order valence-electron chi connectivity index (χ3n) is 3.26. The molecule has 128 valence electrons. The molecule has 0 saturated carbocycles. The quantitative estimate of drug-likeness (QED) is 0.572. The summed E-state index contributed by atoms with van der Waals surface area (Å²) in [6.07, 6.45) is 0. The van der Waals surface area contributed by atoms with Crippen LogP contribution in [0.15, 0.2) is 53.9 Å². The van der Waals surface area contributed by atoms with Crippen LogP contribution in [0.5, 0.6) is 5.75 Å². The average molecular weight is 396 g/mol. The highest BCUT2D eigenvalue weighted by atomic mass is 35.5. The molecule has 1 aromatic heterocycles. The number of hydrogen-bond acceptors (Lipinski definition) is 3. The molecule has 1 amide bonds. The van der Waals surface area contributed by atoms with Gasteiger partial charge in [0.2, 0.25) is 0 Å². The highest BCUT2D eigenvalue weighted by Gasteiger charge is 2.11. The van der Waals surface area contributed by atoms with E-state index in [-0.39, 0.29) is 18.3 Å². The smallest absolute Gasteiger partial charge is 0.265 e. The van der Waals surface area contributed by atoms with E-state index in [1.807, 2.05) is 5.38 Å². The monoisotopic (exact) mass is 395 g/mol. The molecule has 3 nitrogen and oxygen atoms in total. The lowest BCUT2D eigenvalue weighted by Crippen LogP contribution is -2.10. The summed E-state index contributed by atoms with van der Waals surface area (Å²) in [5, 5.41) is 5.38. The van der Waals surface area contributed by atoms with Crippen molar-refractivity contribution in [3.05, 3.63) is 80.2 Å². The van der Waals surface area contributed by atoms with E-state index in [0.29, 0.717) is 26.4 Å². The van der Waals surface area contributed by atoms with E-state index >= 15 is 0 Å². The van der Waals surface area contributed by atoms with Crippen LogP contribution in [0.3, 0.4) is 0 Å². The third kappa shape index (κ3) is 4.72. The number of benzene rings is 2. The van der Waals surface area contributed by atoms with Gasteiger partial charge in [-0.25, -0.2) is 4.39 Å². The lowest BCUT2D eigenvalue weighted by molar-refractivity contribution is 0.103. The van der Waals surface area contributed by atoms with Crippen LogP contribution in [0.2, 0.25) is 10.0 Å². The molecule has 0 aliphatic carbocycles. The SMILES string of the molecule is O=C(Nc1ccc(Cl)c(Cl)c1)c1cc(COc2cccc(F)c2)cs1. The summed E-state index contributed by atoms with van der Waals surface area (Å²) in [4.78, 5) is 12.8. The maximum Gasteiger partial charge on any atom is 0.265 e. The van der Waals surface area contributed by atoms with Gasteiger partial charge in [0.25, 0.3) is 5.91 Å². The number of hydrogen-bond donors (Lipinski definition) is 1. The Balaban J connectivity index is 1.62. The Morgan fingerprint density at radius 3 is 2.72 bits per heavy atom. The molecule has 0 radical (unpaired) electrons. The molecule has 0 spiro atoms. The molecule has 0 aliphatic rings. The molecule has 3 rings (SSSR count). The Hall–Kier alpha value is -2.08. The van der Waals surface area contributed by atoms with E-state index < -0.39 is 0 Å². The van der Waals surface area contributed by atoms with Gasteiger partial charge in [0, 0.05) is 17.3 Å². The highest BCUT2D eigenvalue weighted by Crippen LogP contribution is 2.26. The topological polar surface area (TPSA) is 38.3 Å². The number of carbonyl (C=O) groups is 1. The number of rotatable bonds is 5. The van der Waals surface area contributed by atoms with Crippen molar-refractivity contribution in [2.45, 2.75) is 6.61 Å². The molecule has 0 saturated heterocycles. The van der Waals surface area contributed by atoms with Gasteiger partial charge in [-0.15, -0.1) is 11.3 Å². The standard InChI is InChI=1S/C18H12Cl2FNO2S/c19-15-5-4-13(8-16(15)20)22-18(23)17-6-11(10-25-17)9-24-14-3-1-2-12(21)7-14/h1-8,10H,9H2,(H,22,23). The number of thiophene rings is 1. The van der Waals surface area contributed by atoms with Crippen molar-refractivity contribution in [3.8, 4) is 5.75 Å². The van der Waals surface area contributed by atoms with Crippen molar-refractivity contribution in [3.63, 3.8) is 0 Å². The van der Waals surface area contributed by atoms with Gasteiger partial charge in [-0.3, -0.25) is 4.79 Å². The van der Waals surface area contributed by atoms with E-state index in [2.05, 4.69) is 5.32 Å². The fourth-order valence-electron chi connectivity index (χ4n) is 2.06. The van der Waals surface area contributed by atoms with Crippen molar-refractivity contribution < 1.29 is 13.9 Å². The second kappa shape index (κ2) is 7.87. The molecular weight excluding hydrogens is 384 g/mol. The van der Waals surface area contributed by atoms with E-state index in [9.17, 15) is 9.18 Å². The van der Waals surface area contributed by atoms with Crippen molar-refractivity contribution in [2.24, 2.45) is 0 Å². The lowest BCUT2D eigenvalue weighted by Gasteiger charge is -2.05. The highest BCUT2D eigenvalue weighted by molar-refractivity contribution is 7.12. The van der Waals surface area contributed by atoms with Crippen molar-refractivity contribution in [1.29, 1.82) is 0 Å². The van der Waals surface area contributed by atoms with Gasteiger partial charge in [0.15, 0.2) is 0 Å². The van der Waals surface area contributed by atoms with E-state index in [4.69, 9.17) is 27.9 Å². The van der Waals surface area contributed by atoms with E-state index in [1.165, 1.54) is 23.5 Å². The van der Waals surface area contributed by atoms with Crippen molar-refractivity contribution >= 4 is 46.1 Å².